The van der Waals surface area contributed by atoms with Crippen molar-refractivity contribution < 1.29 is 49.0 Å². The number of fused-ring (bicyclic) bond motifs is 3. The van der Waals surface area contributed by atoms with Gasteiger partial charge in [0.15, 0.2) is 0 Å². The largest absolute Gasteiger partial charge is 1.00 e. The fourth-order valence-corrected chi connectivity index (χ4v) is 2.65. The first-order valence-corrected chi connectivity index (χ1v) is 9.55. The Bertz CT molecular complexity index is 725. The van der Waals surface area contributed by atoms with E-state index in [9.17, 15) is 0 Å². The van der Waals surface area contributed by atoms with Gasteiger partial charge in [0.2, 0.25) is 0 Å². The molecular formula is C23H24Cl2Zr-2. The third kappa shape index (κ3) is 7.87. The Morgan fingerprint density at radius 3 is 2.19 bits per heavy atom. The summed E-state index contributed by atoms with van der Waals surface area (Å²) in [5.41, 5.74) is 8.21. The van der Waals surface area contributed by atoms with E-state index < -0.39 is 0 Å². The van der Waals surface area contributed by atoms with Gasteiger partial charge in [-0.25, -0.2) is 12.2 Å². The third-order valence-corrected chi connectivity index (χ3v) is 3.68. The number of aryl methyl sites for hydroxylation is 2. The van der Waals surface area contributed by atoms with Gasteiger partial charge in [0.1, 0.15) is 0 Å². The van der Waals surface area contributed by atoms with Gasteiger partial charge in [-0.15, -0.1) is 12.0 Å². The monoisotopic (exact) mass is 460 g/mol. The summed E-state index contributed by atoms with van der Waals surface area (Å²) >= 11 is 1.55. The van der Waals surface area contributed by atoms with E-state index in [1.165, 1.54) is 36.6 Å². The van der Waals surface area contributed by atoms with Crippen LogP contribution in [0, 0.1) is 26.0 Å². The molecular weight excluding hydrogens is 438 g/mol. The van der Waals surface area contributed by atoms with Gasteiger partial charge in [-0.2, -0.15) is 35.4 Å². The fraction of sp³-hybridized carbons (Fsp3) is 0.261. The Hall–Kier alpha value is -0.747. The van der Waals surface area contributed by atoms with Crippen LogP contribution < -0.4 is 24.8 Å². The Labute approximate surface area is 185 Å². The van der Waals surface area contributed by atoms with E-state index in [0.29, 0.717) is 0 Å². The van der Waals surface area contributed by atoms with Crippen LogP contribution in [0.1, 0.15) is 42.5 Å². The van der Waals surface area contributed by atoms with Crippen LogP contribution >= 0.6 is 0 Å². The molecule has 0 bridgehead atoms. The van der Waals surface area contributed by atoms with Gasteiger partial charge in [0, 0.05) is 0 Å². The molecule has 0 spiro atoms. The van der Waals surface area contributed by atoms with E-state index in [1.54, 1.807) is 24.2 Å². The second-order valence-electron chi connectivity index (χ2n) is 6.41. The fourth-order valence-electron chi connectivity index (χ4n) is 2.65. The summed E-state index contributed by atoms with van der Waals surface area (Å²) in [6.45, 7) is 8.53. The van der Waals surface area contributed by atoms with Crippen molar-refractivity contribution in [2.75, 3.05) is 0 Å². The number of hydrogen-bond donors (Lipinski definition) is 0. The maximum atomic E-state index is 3.38. The molecule has 2 aromatic carbocycles. The molecule has 0 fully saturated rings. The third-order valence-electron chi connectivity index (χ3n) is 3.68. The van der Waals surface area contributed by atoms with Gasteiger partial charge in [0.05, 0.1) is 0 Å². The zero-order valence-corrected chi connectivity index (χ0v) is 19.8. The molecule has 136 valence electrons. The molecule has 0 atom stereocenters. The first kappa shape index (κ1) is 25.3. The Balaban J connectivity index is 0.000000480. The Kier molecular flexibility index (Phi) is 12.2. The Morgan fingerprint density at radius 1 is 1.00 bits per heavy atom. The first-order chi connectivity index (χ1) is 11.5. The predicted molar refractivity (Wildman–Crippen MR) is 101 cm³/mol. The molecule has 0 N–H and O–H groups in total. The van der Waals surface area contributed by atoms with Crippen molar-refractivity contribution in [2.24, 2.45) is 0 Å². The number of rotatable bonds is 0. The van der Waals surface area contributed by atoms with Crippen molar-refractivity contribution in [2.45, 2.75) is 40.5 Å². The van der Waals surface area contributed by atoms with Crippen LogP contribution in [0.4, 0.5) is 0 Å². The summed E-state index contributed by atoms with van der Waals surface area (Å²) in [7, 11) is 0. The number of benzene rings is 2. The second-order valence-corrected chi connectivity index (χ2v) is 8.87. The standard InChI is InChI=1S/C15H13.C5H5.C3H6.2ClH.Zr/c1-10-3-5-12-9-13-6-4-11(2)8-15(13)14(12)7-10;1-2-4-5-3-1;1-3-2;;;/h3-5,7-8H,9H2,1-2H3;1-3H,4H2;1-2H3;2*1H;/q2*-1;;;;+2/p-2. The predicted octanol–water partition coefficient (Wildman–Crippen LogP) is -0.266. The van der Waals surface area contributed by atoms with Crippen molar-refractivity contribution in [3.63, 3.8) is 0 Å². The maximum absolute atomic E-state index is 3.38. The summed E-state index contributed by atoms with van der Waals surface area (Å²) < 4.78 is 1.51. The summed E-state index contributed by atoms with van der Waals surface area (Å²) in [5.74, 6) is 0. The van der Waals surface area contributed by atoms with Crippen molar-refractivity contribution in [1.82, 2.24) is 0 Å². The summed E-state index contributed by atoms with van der Waals surface area (Å²) in [6.07, 6.45) is 11.0. The average molecular weight is 463 g/mol. The average Bonchev–Trinajstić information content (AvgIpc) is 3.18. The van der Waals surface area contributed by atoms with Crippen LogP contribution in [0.5, 0.6) is 0 Å². The minimum absolute atomic E-state index is 0. The van der Waals surface area contributed by atoms with Gasteiger partial charge in [-0.1, -0.05) is 41.8 Å². The molecule has 0 aromatic heterocycles. The molecule has 0 amide bonds. The minimum Gasteiger partial charge on any atom is -1.00 e. The summed E-state index contributed by atoms with van der Waals surface area (Å²) in [4.78, 5) is 0. The van der Waals surface area contributed by atoms with E-state index in [4.69, 9.17) is 0 Å². The minimum atomic E-state index is 0. The number of halogens is 2. The van der Waals surface area contributed by atoms with E-state index in [0.717, 1.165) is 12.8 Å². The van der Waals surface area contributed by atoms with Crippen molar-refractivity contribution in [1.29, 1.82) is 0 Å². The summed E-state index contributed by atoms with van der Waals surface area (Å²) in [5, 5.41) is 0. The molecule has 2 aliphatic carbocycles. The molecule has 0 aliphatic heterocycles. The van der Waals surface area contributed by atoms with E-state index in [1.807, 2.05) is 12.2 Å². The molecule has 4 rings (SSSR count). The molecule has 26 heavy (non-hydrogen) atoms. The van der Waals surface area contributed by atoms with Gasteiger partial charge < -0.3 is 24.8 Å². The molecule has 0 unspecified atom stereocenters. The topological polar surface area (TPSA) is 0 Å². The molecule has 2 aliphatic rings. The molecule has 0 saturated carbocycles. The first-order valence-electron chi connectivity index (χ1n) is 8.32. The second kappa shape index (κ2) is 12.6. The van der Waals surface area contributed by atoms with Gasteiger partial charge >= 0.3 is 41.3 Å². The van der Waals surface area contributed by atoms with Gasteiger partial charge in [-0.3, -0.25) is 6.08 Å². The molecule has 3 heteroatoms. The molecule has 0 radical (unpaired) electrons. The molecule has 0 saturated heterocycles. The summed E-state index contributed by atoms with van der Waals surface area (Å²) in [6, 6.07) is 14.5. The van der Waals surface area contributed by atoms with Crippen LogP contribution in [0.3, 0.4) is 0 Å². The smallest absolute Gasteiger partial charge is 0.0253 e. The quantitative estimate of drug-likeness (QED) is 0.404. The molecule has 0 nitrogen and oxygen atoms in total. The van der Waals surface area contributed by atoms with Crippen molar-refractivity contribution in [3.8, 4) is 11.1 Å². The van der Waals surface area contributed by atoms with Crippen LogP contribution in [0.2, 0.25) is 0 Å². The van der Waals surface area contributed by atoms with Gasteiger partial charge in [0.25, 0.3) is 0 Å². The van der Waals surface area contributed by atoms with Crippen LogP contribution in [0.25, 0.3) is 11.1 Å². The van der Waals surface area contributed by atoms with Crippen LogP contribution in [-0.4, -0.2) is 3.21 Å². The van der Waals surface area contributed by atoms with E-state index >= 15 is 0 Å². The zero-order valence-electron chi connectivity index (χ0n) is 15.8. The normalized spacial score (nSPS) is 11.6. The van der Waals surface area contributed by atoms with E-state index in [2.05, 4.69) is 76.2 Å². The van der Waals surface area contributed by atoms with Crippen molar-refractivity contribution in [3.05, 3.63) is 83.0 Å². The van der Waals surface area contributed by atoms with Crippen LogP contribution in [0.15, 0.2) is 48.6 Å². The maximum Gasteiger partial charge on any atom is -0.0253 e. The number of allylic oxidation sites excluding steroid dienone is 4. The molecule has 0 heterocycles. The molecule has 2 aromatic rings. The number of hydrogen-bond acceptors (Lipinski definition) is 0. The van der Waals surface area contributed by atoms with E-state index in [-0.39, 0.29) is 24.8 Å². The van der Waals surface area contributed by atoms with Gasteiger partial charge in [-0.05, 0) is 13.3 Å². The Morgan fingerprint density at radius 2 is 1.65 bits per heavy atom. The van der Waals surface area contributed by atoms with Crippen molar-refractivity contribution >= 4 is 3.21 Å². The zero-order chi connectivity index (χ0) is 17.5. The van der Waals surface area contributed by atoms with Crippen LogP contribution in [-0.2, 0) is 30.7 Å². The SMILES string of the molecule is C[C](C)=[Zr+2].Cc1c[c-]c2c(c1)-c1cc(C)ccc1C2.[C-]1=CC=CC1.[Cl-].[Cl-].